The van der Waals surface area contributed by atoms with Gasteiger partial charge in [-0.25, -0.2) is 5.09 Å². The lowest BCUT2D eigenvalue weighted by molar-refractivity contribution is 0.574. The molecule has 0 amide bonds. The number of thiophene rings is 1. The summed E-state index contributed by atoms with van der Waals surface area (Å²) in [6.07, 6.45) is 0. The van der Waals surface area contributed by atoms with Gasteiger partial charge in [0.25, 0.3) is 0 Å². The van der Waals surface area contributed by atoms with Gasteiger partial charge in [0, 0.05) is 10.6 Å². The van der Waals surface area contributed by atoms with Gasteiger partial charge in [0.05, 0.1) is 4.88 Å². The summed E-state index contributed by atoms with van der Waals surface area (Å²) in [6, 6.07) is 32.8. The molecule has 0 aliphatic rings. The SMILES string of the molecule is O=P(NC(C#Cc1cccs1)c1ccccc1)(c1ccccc1)c1ccccc1. The molecule has 0 aliphatic carbocycles. The van der Waals surface area contributed by atoms with E-state index in [1.54, 1.807) is 11.3 Å². The smallest absolute Gasteiger partial charge is 0.205 e. The summed E-state index contributed by atoms with van der Waals surface area (Å²) in [5.74, 6) is 6.54. The molecule has 0 fully saturated rings. The molecule has 0 bridgehead atoms. The van der Waals surface area contributed by atoms with Crippen molar-refractivity contribution in [1.82, 2.24) is 5.09 Å². The maximum Gasteiger partial charge on any atom is 0.205 e. The molecule has 0 radical (unpaired) electrons. The van der Waals surface area contributed by atoms with Crippen LogP contribution in [-0.4, -0.2) is 0 Å². The van der Waals surface area contributed by atoms with Crippen molar-refractivity contribution in [2.45, 2.75) is 6.04 Å². The summed E-state index contributed by atoms with van der Waals surface area (Å²) in [7, 11) is -3.10. The molecule has 1 aromatic heterocycles. The minimum absolute atomic E-state index is 0.371. The summed E-state index contributed by atoms with van der Waals surface area (Å²) in [5.41, 5.74) is 0.989. The fourth-order valence-corrected chi connectivity index (χ4v) is 6.02. The third-order valence-corrected chi connectivity index (χ3v) is 8.00. The predicted octanol–water partition coefficient (Wildman–Crippen LogP) is 5.36. The van der Waals surface area contributed by atoms with Crippen LogP contribution < -0.4 is 15.7 Å². The van der Waals surface area contributed by atoms with Gasteiger partial charge in [0.1, 0.15) is 6.04 Å². The number of nitrogens with one attached hydrogen (secondary N) is 1. The Morgan fingerprint density at radius 3 is 1.79 bits per heavy atom. The highest BCUT2D eigenvalue weighted by Gasteiger charge is 2.30. The number of hydrogen-bond donors (Lipinski definition) is 1. The first-order chi connectivity index (χ1) is 14.3. The molecule has 1 heterocycles. The van der Waals surface area contributed by atoms with Gasteiger partial charge in [-0.3, -0.25) is 4.57 Å². The van der Waals surface area contributed by atoms with Crippen LogP contribution in [0, 0.1) is 11.8 Å². The molecule has 0 spiro atoms. The second-order valence-electron chi connectivity index (χ2n) is 6.50. The number of rotatable bonds is 5. The Bertz CT molecular complexity index is 1100. The van der Waals surface area contributed by atoms with Gasteiger partial charge in [0.15, 0.2) is 0 Å². The fourth-order valence-electron chi connectivity index (χ4n) is 3.08. The Morgan fingerprint density at radius 2 is 1.28 bits per heavy atom. The van der Waals surface area contributed by atoms with Crippen molar-refractivity contribution in [3.8, 4) is 11.8 Å². The fraction of sp³-hybridized carbons (Fsp3) is 0.0400. The van der Waals surface area contributed by atoms with Crippen LogP contribution in [-0.2, 0) is 4.57 Å². The van der Waals surface area contributed by atoms with E-state index in [4.69, 9.17) is 0 Å². The lowest BCUT2D eigenvalue weighted by Gasteiger charge is -2.24. The van der Waals surface area contributed by atoms with E-state index in [2.05, 4.69) is 16.9 Å². The van der Waals surface area contributed by atoms with Crippen LogP contribution in [0.3, 0.4) is 0 Å². The van der Waals surface area contributed by atoms with Crippen molar-refractivity contribution < 1.29 is 4.57 Å². The second kappa shape index (κ2) is 9.07. The van der Waals surface area contributed by atoms with Gasteiger partial charge < -0.3 is 0 Å². The molecule has 0 saturated carbocycles. The van der Waals surface area contributed by atoms with Crippen molar-refractivity contribution in [2.24, 2.45) is 0 Å². The molecule has 29 heavy (non-hydrogen) atoms. The average molecular weight is 413 g/mol. The molecule has 3 aromatic carbocycles. The molecule has 4 rings (SSSR count). The van der Waals surface area contributed by atoms with E-state index < -0.39 is 7.29 Å². The van der Waals surface area contributed by atoms with Crippen LogP contribution >= 0.6 is 18.6 Å². The van der Waals surface area contributed by atoms with Crippen molar-refractivity contribution >= 4 is 29.2 Å². The van der Waals surface area contributed by atoms with E-state index in [9.17, 15) is 4.57 Å². The maximum atomic E-state index is 14.4. The molecule has 2 nitrogen and oxygen atoms in total. The summed E-state index contributed by atoms with van der Waals surface area (Å²) in [5, 5.41) is 6.97. The Labute approximate surface area is 175 Å². The molecule has 4 heteroatoms. The Hall–Kier alpha value is -2.89. The molecule has 1 atom stereocenters. The Morgan fingerprint density at radius 1 is 0.724 bits per heavy atom. The molecule has 4 aromatic rings. The van der Waals surface area contributed by atoms with Crippen molar-refractivity contribution in [1.29, 1.82) is 0 Å². The van der Waals surface area contributed by atoms with Gasteiger partial charge in [-0.2, -0.15) is 0 Å². The molecular weight excluding hydrogens is 393 g/mol. The number of benzene rings is 3. The van der Waals surface area contributed by atoms with Gasteiger partial charge >= 0.3 is 0 Å². The zero-order valence-electron chi connectivity index (χ0n) is 15.7. The standard InChI is InChI=1S/C25H20NOPS/c27-28(22-13-6-2-7-14-22,23-15-8-3-9-16-23)26-25(21-11-4-1-5-12-21)19-18-24-17-10-20-29-24/h1-17,20,25H,(H,26,27). The predicted molar refractivity (Wildman–Crippen MR) is 123 cm³/mol. The molecule has 142 valence electrons. The summed E-state index contributed by atoms with van der Waals surface area (Å²) in [6.45, 7) is 0. The van der Waals surface area contributed by atoms with Crippen molar-refractivity contribution in [3.05, 3.63) is 119 Å². The van der Waals surface area contributed by atoms with E-state index >= 15 is 0 Å². The van der Waals surface area contributed by atoms with Gasteiger partial charge in [0.2, 0.25) is 7.29 Å². The summed E-state index contributed by atoms with van der Waals surface area (Å²) >= 11 is 1.60. The minimum atomic E-state index is -3.10. The highest BCUT2D eigenvalue weighted by Crippen LogP contribution is 2.41. The first kappa shape index (κ1) is 19.4. The van der Waals surface area contributed by atoms with Crippen LogP contribution in [0.1, 0.15) is 16.5 Å². The zero-order chi connectivity index (χ0) is 19.9. The van der Waals surface area contributed by atoms with Crippen LogP contribution in [0.2, 0.25) is 0 Å². The van der Waals surface area contributed by atoms with E-state index in [0.29, 0.717) is 0 Å². The number of hydrogen-bond acceptors (Lipinski definition) is 2. The van der Waals surface area contributed by atoms with E-state index in [0.717, 1.165) is 21.0 Å². The van der Waals surface area contributed by atoms with Crippen molar-refractivity contribution in [2.75, 3.05) is 0 Å². The van der Waals surface area contributed by atoms with E-state index in [1.165, 1.54) is 0 Å². The molecule has 0 saturated heterocycles. The molecule has 1 N–H and O–H groups in total. The average Bonchev–Trinajstić information content (AvgIpc) is 3.32. The lowest BCUT2D eigenvalue weighted by Crippen LogP contribution is -2.30. The van der Waals surface area contributed by atoms with Crippen LogP contribution in [0.5, 0.6) is 0 Å². The van der Waals surface area contributed by atoms with Crippen molar-refractivity contribution in [3.63, 3.8) is 0 Å². The highest BCUT2D eigenvalue weighted by molar-refractivity contribution is 7.76. The Balaban J connectivity index is 1.80. The Kier molecular flexibility index (Phi) is 6.08. The molecule has 0 aliphatic heterocycles. The normalized spacial score (nSPS) is 12.0. The van der Waals surface area contributed by atoms with E-state index in [1.807, 2.05) is 109 Å². The monoisotopic (exact) mass is 413 g/mol. The zero-order valence-corrected chi connectivity index (χ0v) is 17.4. The topological polar surface area (TPSA) is 29.1 Å². The van der Waals surface area contributed by atoms with Gasteiger partial charge in [-0.05, 0) is 41.3 Å². The first-order valence-corrected chi connectivity index (χ1v) is 11.9. The highest BCUT2D eigenvalue weighted by atomic mass is 32.1. The quantitative estimate of drug-likeness (QED) is 0.353. The van der Waals surface area contributed by atoms with Crippen LogP contribution in [0.4, 0.5) is 0 Å². The largest absolute Gasteiger partial charge is 0.296 e. The first-order valence-electron chi connectivity index (χ1n) is 9.35. The molecule has 1 unspecified atom stereocenters. The second-order valence-corrected chi connectivity index (χ2v) is 9.96. The maximum absolute atomic E-state index is 14.4. The lowest BCUT2D eigenvalue weighted by atomic mass is 10.1. The minimum Gasteiger partial charge on any atom is -0.296 e. The van der Waals surface area contributed by atoms with Gasteiger partial charge in [-0.1, -0.05) is 84.6 Å². The summed E-state index contributed by atoms with van der Waals surface area (Å²) in [4.78, 5) is 0.988. The van der Waals surface area contributed by atoms with Gasteiger partial charge in [-0.15, -0.1) is 11.3 Å². The van der Waals surface area contributed by atoms with E-state index in [-0.39, 0.29) is 6.04 Å². The third-order valence-electron chi connectivity index (χ3n) is 4.54. The third kappa shape index (κ3) is 4.58. The van der Waals surface area contributed by atoms with Crippen LogP contribution in [0.15, 0.2) is 109 Å². The van der Waals surface area contributed by atoms with Crippen LogP contribution in [0.25, 0.3) is 0 Å². The molecular formula is C25H20NOPS. The summed E-state index contributed by atoms with van der Waals surface area (Å²) < 4.78 is 14.4.